The van der Waals surface area contributed by atoms with Gasteiger partial charge in [-0.15, -0.1) is 0 Å². The molecule has 0 spiro atoms. The zero-order chi connectivity index (χ0) is 15.4. The molecule has 3 rings (SSSR count). The minimum Gasteiger partial charge on any atom is -0.351 e. The molecule has 1 aromatic carbocycles. The number of imidazole rings is 1. The maximum atomic E-state index is 11.9. The number of carbonyl (C=O) groups excluding carboxylic acids is 1. The molecular weight excluding hydrogens is 296 g/mol. The van der Waals surface area contributed by atoms with Gasteiger partial charge in [0.15, 0.2) is 5.16 Å². The van der Waals surface area contributed by atoms with Crippen LogP contribution in [0.3, 0.4) is 0 Å². The van der Waals surface area contributed by atoms with Crippen LogP contribution in [0.5, 0.6) is 0 Å². The summed E-state index contributed by atoms with van der Waals surface area (Å²) in [7, 11) is 1.96. The summed E-state index contributed by atoms with van der Waals surface area (Å²) in [5.74, 6) is 0.332. The fourth-order valence-corrected chi connectivity index (χ4v) is 2.95. The second kappa shape index (κ2) is 6.62. The molecular formula is C16H16N4OS. The number of rotatable bonds is 5. The van der Waals surface area contributed by atoms with Gasteiger partial charge in [0.05, 0.1) is 16.8 Å². The molecule has 2 aromatic heterocycles. The molecule has 6 heteroatoms. The summed E-state index contributed by atoms with van der Waals surface area (Å²) in [5, 5.41) is 3.73. The number of hydrogen-bond donors (Lipinski definition) is 1. The van der Waals surface area contributed by atoms with Crippen LogP contribution in [0, 0.1) is 0 Å². The zero-order valence-corrected chi connectivity index (χ0v) is 13.0. The van der Waals surface area contributed by atoms with Gasteiger partial charge in [0.25, 0.3) is 0 Å². The minimum atomic E-state index is -0.0130. The summed E-state index contributed by atoms with van der Waals surface area (Å²) in [6.07, 6.45) is 3.46. The van der Waals surface area contributed by atoms with Crippen molar-refractivity contribution in [1.29, 1.82) is 0 Å². The molecule has 1 N–H and O–H groups in total. The van der Waals surface area contributed by atoms with Gasteiger partial charge in [-0.3, -0.25) is 9.78 Å². The van der Waals surface area contributed by atoms with Crippen molar-refractivity contribution in [3.8, 4) is 0 Å². The molecule has 0 bridgehead atoms. The number of aromatic nitrogens is 3. The molecule has 0 aliphatic heterocycles. The van der Waals surface area contributed by atoms with Crippen LogP contribution in [-0.2, 0) is 18.4 Å². The predicted molar refractivity (Wildman–Crippen MR) is 87.5 cm³/mol. The van der Waals surface area contributed by atoms with Crippen molar-refractivity contribution >= 4 is 28.7 Å². The highest BCUT2D eigenvalue weighted by molar-refractivity contribution is 7.99. The van der Waals surface area contributed by atoms with E-state index in [1.807, 2.05) is 48.0 Å². The third kappa shape index (κ3) is 3.28. The van der Waals surface area contributed by atoms with Gasteiger partial charge in [-0.1, -0.05) is 30.0 Å². The monoisotopic (exact) mass is 312 g/mol. The number of benzene rings is 1. The topological polar surface area (TPSA) is 59.8 Å². The lowest BCUT2D eigenvalue weighted by Crippen LogP contribution is -2.24. The maximum absolute atomic E-state index is 11.9. The van der Waals surface area contributed by atoms with E-state index >= 15 is 0 Å². The van der Waals surface area contributed by atoms with E-state index in [1.54, 1.807) is 12.4 Å². The quantitative estimate of drug-likeness (QED) is 0.735. The zero-order valence-electron chi connectivity index (χ0n) is 12.2. The predicted octanol–water partition coefficient (Wildman–Crippen LogP) is 2.38. The van der Waals surface area contributed by atoms with Crippen LogP contribution in [0.25, 0.3) is 11.0 Å². The summed E-state index contributed by atoms with van der Waals surface area (Å²) < 4.78 is 2.01. The third-order valence-electron chi connectivity index (χ3n) is 3.29. The molecule has 0 aliphatic rings. The number of para-hydroxylation sites is 2. The summed E-state index contributed by atoms with van der Waals surface area (Å²) in [6, 6.07) is 11.7. The number of nitrogens with zero attached hydrogens (tertiary/aromatic N) is 3. The Morgan fingerprint density at radius 3 is 2.91 bits per heavy atom. The number of pyridine rings is 1. The lowest BCUT2D eigenvalue weighted by molar-refractivity contribution is -0.118. The number of thioether (sulfide) groups is 1. The average molecular weight is 312 g/mol. The Bertz CT molecular complexity index is 785. The van der Waals surface area contributed by atoms with Crippen molar-refractivity contribution < 1.29 is 4.79 Å². The van der Waals surface area contributed by atoms with Crippen molar-refractivity contribution in [2.75, 3.05) is 5.75 Å². The number of hydrogen-bond acceptors (Lipinski definition) is 4. The van der Waals surface area contributed by atoms with E-state index < -0.39 is 0 Å². The standard InChI is InChI=1S/C16H16N4OS/c1-20-14-7-3-2-6-13(14)19-16(20)22-11-15(21)18-10-12-5-4-8-17-9-12/h2-9H,10-11H2,1H3,(H,18,21). The van der Waals surface area contributed by atoms with Gasteiger partial charge in [-0.05, 0) is 23.8 Å². The number of fused-ring (bicyclic) bond motifs is 1. The molecule has 0 fully saturated rings. The van der Waals surface area contributed by atoms with Crippen LogP contribution in [0.4, 0.5) is 0 Å². The highest BCUT2D eigenvalue weighted by Gasteiger charge is 2.10. The molecule has 3 aromatic rings. The van der Waals surface area contributed by atoms with Crippen LogP contribution in [0.2, 0.25) is 0 Å². The van der Waals surface area contributed by atoms with E-state index in [2.05, 4.69) is 15.3 Å². The fraction of sp³-hybridized carbons (Fsp3) is 0.188. The van der Waals surface area contributed by atoms with E-state index in [0.29, 0.717) is 12.3 Å². The van der Waals surface area contributed by atoms with Crippen LogP contribution >= 0.6 is 11.8 Å². The van der Waals surface area contributed by atoms with Crippen molar-refractivity contribution in [2.24, 2.45) is 7.05 Å². The van der Waals surface area contributed by atoms with E-state index in [0.717, 1.165) is 21.8 Å². The van der Waals surface area contributed by atoms with E-state index in [-0.39, 0.29) is 5.91 Å². The van der Waals surface area contributed by atoms with Gasteiger partial charge in [-0.2, -0.15) is 0 Å². The molecule has 0 saturated heterocycles. The number of amides is 1. The molecule has 22 heavy (non-hydrogen) atoms. The number of aryl methyl sites for hydroxylation is 1. The van der Waals surface area contributed by atoms with Gasteiger partial charge in [0.1, 0.15) is 0 Å². The Hall–Kier alpha value is -2.34. The molecule has 0 atom stereocenters. The van der Waals surface area contributed by atoms with Crippen LogP contribution in [-0.4, -0.2) is 26.2 Å². The fourth-order valence-electron chi connectivity index (χ4n) is 2.14. The first kappa shape index (κ1) is 14.6. The second-order valence-corrected chi connectivity index (χ2v) is 5.81. The minimum absolute atomic E-state index is 0.0130. The highest BCUT2D eigenvalue weighted by atomic mass is 32.2. The molecule has 0 radical (unpaired) electrons. The van der Waals surface area contributed by atoms with Gasteiger partial charge < -0.3 is 9.88 Å². The molecule has 5 nitrogen and oxygen atoms in total. The largest absolute Gasteiger partial charge is 0.351 e. The van der Waals surface area contributed by atoms with Gasteiger partial charge in [0.2, 0.25) is 5.91 Å². The van der Waals surface area contributed by atoms with E-state index in [9.17, 15) is 4.79 Å². The third-order valence-corrected chi connectivity index (χ3v) is 4.32. The lowest BCUT2D eigenvalue weighted by atomic mass is 10.3. The van der Waals surface area contributed by atoms with Gasteiger partial charge in [-0.25, -0.2) is 4.98 Å². The van der Waals surface area contributed by atoms with E-state index in [1.165, 1.54) is 11.8 Å². The molecule has 2 heterocycles. The van der Waals surface area contributed by atoms with Crippen molar-refractivity contribution in [3.63, 3.8) is 0 Å². The summed E-state index contributed by atoms with van der Waals surface area (Å²) in [6.45, 7) is 0.496. The first-order valence-corrected chi connectivity index (χ1v) is 7.92. The summed E-state index contributed by atoms with van der Waals surface area (Å²) in [4.78, 5) is 20.5. The maximum Gasteiger partial charge on any atom is 0.230 e. The number of carbonyl (C=O) groups is 1. The first-order valence-electron chi connectivity index (χ1n) is 6.94. The Labute approximate surface area is 132 Å². The lowest BCUT2D eigenvalue weighted by Gasteiger charge is -2.05. The van der Waals surface area contributed by atoms with Crippen LogP contribution in [0.15, 0.2) is 53.9 Å². The SMILES string of the molecule is Cn1c(SCC(=O)NCc2cccnc2)nc2ccccc21. The first-order chi connectivity index (χ1) is 10.7. The van der Waals surface area contributed by atoms with Crippen LogP contribution < -0.4 is 5.32 Å². The molecule has 1 amide bonds. The van der Waals surface area contributed by atoms with Gasteiger partial charge in [0, 0.05) is 26.0 Å². The second-order valence-electron chi connectivity index (χ2n) is 4.87. The molecule has 0 saturated carbocycles. The van der Waals surface area contributed by atoms with Crippen molar-refractivity contribution in [2.45, 2.75) is 11.7 Å². The summed E-state index contributed by atoms with van der Waals surface area (Å²) in [5.41, 5.74) is 3.01. The molecule has 0 unspecified atom stereocenters. The van der Waals surface area contributed by atoms with Gasteiger partial charge >= 0.3 is 0 Å². The average Bonchev–Trinajstić information content (AvgIpc) is 2.88. The molecule has 112 valence electrons. The van der Waals surface area contributed by atoms with Crippen molar-refractivity contribution in [3.05, 3.63) is 54.4 Å². The Morgan fingerprint density at radius 1 is 1.27 bits per heavy atom. The normalized spacial score (nSPS) is 10.8. The smallest absolute Gasteiger partial charge is 0.230 e. The van der Waals surface area contributed by atoms with Crippen LogP contribution in [0.1, 0.15) is 5.56 Å². The van der Waals surface area contributed by atoms with Crippen molar-refractivity contribution in [1.82, 2.24) is 19.9 Å². The Morgan fingerprint density at radius 2 is 2.14 bits per heavy atom. The highest BCUT2D eigenvalue weighted by Crippen LogP contribution is 2.22. The Balaban J connectivity index is 1.57. The number of nitrogens with one attached hydrogen (secondary N) is 1. The summed E-state index contributed by atoms with van der Waals surface area (Å²) >= 11 is 1.44. The molecule has 0 aliphatic carbocycles. The Kier molecular flexibility index (Phi) is 4.39. The van der Waals surface area contributed by atoms with E-state index in [4.69, 9.17) is 0 Å².